The number of rotatable bonds is 25. The van der Waals surface area contributed by atoms with Gasteiger partial charge < -0.3 is 10.2 Å². The van der Waals surface area contributed by atoms with Crippen LogP contribution < -0.4 is 0 Å². The normalized spacial score (nSPS) is 13.2. The Morgan fingerprint density at radius 2 is 0.886 bits per heavy atom. The van der Waals surface area contributed by atoms with Gasteiger partial charge in [-0.1, -0.05) is 135 Å². The average Bonchev–Trinajstić information content (AvgIpc) is 2.75. The molecule has 0 heterocycles. The molecule has 0 aliphatic heterocycles. The summed E-state index contributed by atoms with van der Waals surface area (Å²) in [6.07, 6.45) is 22.3. The molecule has 0 aliphatic carbocycles. The molecule has 0 saturated heterocycles. The molecule has 0 aromatic rings. The number of aliphatic carboxylic acids is 2. The van der Waals surface area contributed by atoms with Crippen LogP contribution in [0.2, 0.25) is 0 Å². The number of carboxylic acid groups (broad SMARTS) is 2. The van der Waals surface area contributed by atoms with E-state index in [2.05, 4.69) is 6.92 Å². The molecule has 0 bridgehead atoms. The van der Waals surface area contributed by atoms with E-state index < -0.39 is 39.6 Å². The monoisotopic (exact) mass is 514 g/mol. The van der Waals surface area contributed by atoms with E-state index in [1.807, 2.05) is 0 Å². The van der Waals surface area contributed by atoms with E-state index in [1.165, 1.54) is 96.3 Å². The molecule has 0 spiro atoms. The van der Waals surface area contributed by atoms with Gasteiger partial charge in [0.2, 0.25) is 4.75 Å². The van der Waals surface area contributed by atoms with E-state index in [4.69, 9.17) is 5.11 Å². The maximum absolute atomic E-state index is 11.6. The summed E-state index contributed by atoms with van der Waals surface area (Å²) in [5, 5.41) is 18.2. The number of carbonyl (C=O) groups is 2. The predicted octanol–water partition coefficient (Wildman–Crippen LogP) is 6.74. The van der Waals surface area contributed by atoms with E-state index in [1.54, 1.807) is 0 Å². The van der Waals surface area contributed by atoms with Crippen molar-refractivity contribution >= 4 is 40.9 Å². The first-order valence-corrected chi connectivity index (χ1v) is 15.0. The number of unbranched alkanes of at least 4 members (excludes halogenated alkanes) is 19. The molecular weight excluding hydrogens is 463 g/mol. The standard InChI is InChI=1S/C26H50O7S.Li.H/c1-2-3-4-5-6-7-8-9-10-11-12-13-14-15-16-17-18-19-20-21-22-26(25(29)30,23-24(27)28)34(31,32)33;;/h2-23H2,1H3,(H,27,28)(H,29,30)(H,31,32,33);;. The maximum atomic E-state index is 11.6. The van der Waals surface area contributed by atoms with Gasteiger partial charge >= 0.3 is 30.8 Å². The number of hydrogen-bond donors (Lipinski definition) is 3. The van der Waals surface area contributed by atoms with Crippen molar-refractivity contribution in [2.24, 2.45) is 0 Å². The summed E-state index contributed by atoms with van der Waals surface area (Å²) in [5.74, 6) is -3.37. The third-order valence-electron chi connectivity index (χ3n) is 6.75. The first-order valence-electron chi connectivity index (χ1n) is 13.6. The minimum atomic E-state index is -5.03. The van der Waals surface area contributed by atoms with Crippen LogP contribution in [-0.2, 0) is 19.7 Å². The first-order chi connectivity index (χ1) is 16.2. The van der Waals surface area contributed by atoms with E-state index in [-0.39, 0.29) is 25.3 Å². The Morgan fingerprint density at radius 3 is 1.11 bits per heavy atom. The van der Waals surface area contributed by atoms with Crippen LogP contribution in [0.25, 0.3) is 0 Å². The summed E-state index contributed by atoms with van der Waals surface area (Å²) >= 11 is 0. The van der Waals surface area contributed by atoms with Gasteiger partial charge in [-0.2, -0.15) is 8.42 Å². The summed E-state index contributed by atoms with van der Waals surface area (Å²) in [7, 11) is -5.03. The van der Waals surface area contributed by atoms with E-state index >= 15 is 0 Å². The molecule has 3 N–H and O–H groups in total. The molecule has 35 heavy (non-hydrogen) atoms. The van der Waals surface area contributed by atoms with Crippen molar-refractivity contribution in [3.63, 3.8) is 0 Å². The SMILES string of the molecule is CCCCCCCCCCCCCCCCCCCCCCC(CC(=O)O)(C(=O)O)S(=O)(=O)O.[LiH]. The van der Waals surface area contributed by atoms with Crippen molar-refractivity contribution in [2.75, 3.05) is 0 Å². The minimum absolute atomic E-state index is 0. The average molecular weight is 515 g/mol. The van der Waals surface area contributed by atoms with Gasteiger partial charge in [-0.15, -0.1) is 0 Å². The topological polar surface area (TPSA) is 129 Å². The van der Waals surface area contributed by atoms with E-state index in [0.29, 0.717) is 6.42 Å². The summed E-state index contributed by atoms with van der Waals surface area (Å²) in [6, 6.07) is 0. The van der Waals surface area contributed by atoms with Crippen molar-refractivity contribution in [1.82, 2.24) is 0 Å². The Bertz CT molecular complexity index is 640. The zero-order valence-electron chi connectivity index (χ0n) is 21.4. The van der Waals surface area contributed by atoms with Crippen LogP contribution in [-0.4, -0.2) is 58.7 Å². The van der Waals surface area contributed by atoms with E-state index in [9.17, 15) is 27.7 Å². The molecule has 0 amide bonds. The Kier molecular flexibility index (Phi) is 23.7. The van der Waals surface area contributed by atoms with Crippen LogP contribution in [0.1, 0.15) is 148 Å². The van der Waals surface area contributed by atoms with Crippen LogP contribution in [0.4, 0.5) is 0 Å². The van der Waals surface area contributed by atoms with Crippen molar-refractivity contribution < 1.29 is 32.8 Å². The first kappa shape index (κ1) is 36.6. The van der Waals surface area contributed by atoms with Crippen LogP contribution in [0.15, 0.2) is 0 Å². The van der Waals surface area contributed by atoms with Crippen molar-refractivity contribution in [3.8, 4) is 0 Å². The third-order valence-corrected chi connectivity index (χ3v) is 8.27. The molecule has 204 valence electrons. The molecule has 0 radical (unpaired) electrons. The summed E-state index contributed by atoms with van der Waals surface area (Å²) in [4.78, 5) is 22.4. The van der Waals surface area contributed by atoms with Gasteiger partial charge in [0, 0.05) is 0 Å². The molecule has 1 atom stereocenters. The Labute approximate surface area is 226 Å². The molecule has 0 rings (SSSR count). The van der Waals surface area contributed by atoms with Gasteiger partial charge in [0.25, 0.3) is 10.1 Å². The van der Waals surface area contributed by atoms with Crippen LogP contribution in [0, 0.1) is 0 Å². The van der Waals surface area contributed by atoms with Crippen LogP contribution >= 0.6 is 0 Å². The quantitative estimate of drug-likeness (QED) is 0.0699. The fraction of sp³-hybridized carbons (Fsp3) is 0.923. The molecule has 0 aromatic heterocycles. The van der Waals surface area contributed by atoms with Crippen molar-refractivity contribution in [2.45, 2.75) is 153 Å². The summed E-state index contributed by atoms with van der Waals surface area (Å²) < 4.78 is 29.8. The Balaban J connectivity index is 0. The zero-order chi connectivity index (χ0) is 25.7. The Hall–Kier alpha value is -0.553. The molecular formula is C26H51LiO7S. The molecule has 9 heteroatoms. The number of carboxylic acids is 2. The Morgan fingerprint density at radius 1 is 0.600 bits per heavy atom. The second-order valence-electron chi connectivity index (χ2n) is 9.81. The third kappa shape index (κ3) is 18.4. The second-order valence-corrected chi connectivity index (χ2v) is 11.5. The van der Waals surface area contributed by atoms with E-state index in [0.717, 1.165) is 19.3 Å². The fourth-order valence-corrected chi connectivity index (χ4v) is 5.44. The fourth-order valence-electron chi connectivity index (χ4n) is 4.51. The van der Waals surface area contributed by atoms with Gasteiger partial charge in [-0.25, -0.2) is 0 Å². The van der Waals surface area contributed by atoms with Gasteiger partial charge in [0.15, 0.2) is 0 Å². The molecule has 0 saturated carbocycles. The zero-order valence-corrected chi connectivity index (χ0v) is 22.3. The van der Waals surface area contributed by atoms with Gasteiger partial charge in [0.1, 0.15) is 0 Å². The van der Waals surface area contributed by atoms with Crippen molar-refractivity contribution in [3.05, 3.63) is 0 Å². The summed E-state index contributed by atoms with van der Waals surface area (Å²) in [5.41, 5.74) is 0. The predicted molar refractivity (Wildman–Crippen MR) is 144 cm³/mol. The molecule has 0 fully saturated rings. The second kappa shape index (κ2) is 22.6. The molecule has 0 aromatic carbocycles. The van der Waals surface area contributed by atoms with Crippen molar-refractivity contribution in [1.29, 1.82) is 0 Å². The van der Waals surface area contributed by atoms with Crippen LogP contribution in [0.3, 0.4) is 0 Å². The van der Waals surface area contributed by atoms with Gasteiger partial charge in [-0.3, -0.25) is 14.1 Å². The molecule has 0 aliphatic rings. The van der Waals surface area contributed by atoms with Gasteiger partial charge in [0.05, 0.1) is 6.42 Å². The molecule has 7 nitrogen and oxygen atoms in total. The summed E-state index contributed by atoms with van der Waals surface area (Å²) in [6.45, 7) is 2.26. The van der Waals surface area contributed by atoms with Gasteiger partial charge in [-0.05, 0) is 6.42 Å². The number of hydrogen-bond acceptors (Lipinski definition) is 4. The molecule has 1 unspecified atom stereocenters. The van der Waals surface area contributed by atoms with Crippen LogP contribution in [0.5, 0.6) is 0 Å².